The van der Waals surface area contributed by atoms with Gasteiger partial charge in [0.05, 0.1) is 11.6 Å². The van der Waals surface area contributed by atoms with Crippen LogP contribution in [0.15, 0.2) is 29.3 Å². The van der Waals surface area contributed by atoms with Crippen LogP contribution in [0.1, 0.15) is 38.5 Å². The van der Waals surface area contributed by atoms with Crippen molar-refractivity contribution in [2.24, 2.45) is 10.9 Å². The van der Waals surface area contributed by atoms with Crippen molar-refractivity contribution in [3.05, 3.63) is 29.3 Å². The van der Waals surface area contributed by atoms with Gasteiger partial charge >= 0.3 is 0 Å². The molecular weight excluding hydrogens is 374 g/mol. The third-order valence-corrected chi connectivity index (χ3v) is 6.45. The fourth-order valence-electron chi connectivity index (χ4n) is 4.65. The topological polar surface area (TPSA) is 71.7 Å². The highest BCUT2D eigenvalue weighted by molar-refractivity contribution is 6.30. The summed E-state index contributed by atoms with van der Waals surface area (Å²) in [5.41, 5.74) is 0.569. The highest BCUT2D eigenvalue weighted by Gasteiger charge is 2.47. The summed E-state index contributed by atoms with van der Waals surface area (Å²) in [5, 5.41) is 13.3. The van der Waals surface area contributed by atoms with E-state index in [2.05, 4.69) is 27.3 Å². The number of carbonyl (C=O) groups excluding carboxylic acids is 1. The van der Waals surface area contributed by atoms with E-state index in [1.165, 1.54) is 0 Å². The van der Waals surface area contributed by atoms with Gasteiger partial charge in [-0.1, -0.05) is 43.4 Å². The Morgan fingerprint density at radius 2 is 1.79 bits per heavy atom. The molecule has 28 heavy (non-hydrogen) atoms. The lowest BCUT2D eigenvalue weighted by atomic mass is 9.77. The van der Waals surface area contributed by atoms with Gasteiger partial charge in [-0.25, -0.2) is 4.99 Å². The molecule has 1 saturated carbocycles. The zero-order valence-corrected chi connectivity index (χ0v) is 16.8. The zero-order valence-electron chi connectivity index (χ0n) is 16.0. The molecule has 1 N–H and O–H groups in total. The molecule has 2 aliphatic heterocycles. The average Bonchev–Trinajstić information content (AvgIpc) is 2.94. The SMILES string of the molecule is N#C[C@@H]1C(=O)NC(N2CCN(c3cccc(Cl)c3)CC2)=NC12CCCCCC2. The fourth-order valence-corrected chi connectivity index (χ4v) is 4.83. The number of anilines is 1. The van der Waals surface area contributed by atoms with Crippen LogP contribution in [-0.4, -0.2) is 48.5 Å². The van der Waals surface area contributed by atoms with Gasteiger partial charge in [-0.3, -0.25) is 10.1 Å². The smallest absolute Gasteiger partial charge is 0.246 e. The Hall–Kier alpha value is -2.26. The molecule has 7 heteroatoms. The van der Waals surface area contributed by atoms with E-state index in [9.17, 15) is 10.1 Å². The van der Waals surface area contributed by atoms with Crippen molar-refractivity contribution in [1.82, 2.24) is 10.2 Å². The lowest BCUT2D eigenvalue weighted by Crippen LogP contribution is -2.60. The number of nitrogens with zero attached hydrogens (tertiary/aromatic N) is 4. The van der Waals surface area contributed by atoms with Crippen LogP contribution in [0.25, 0.3) is 0 Å². The predicted octanol–water partition coefficient (Wildman–Crippen LogP) is 3.18. The van der Waals surface area contributed by atoms with Gasteiger partial charge in [-0.05, 0) is 31.0 Å². The molecule has 2 heterocycles. The third-order valence-electron chi connectivity index (χ3n) is 6.21. The van der Waals surface area contributed by atoms with Crippen LogP contribution in [0, 0.1) is 17.2 Å². The van der Waals surface area contributed by atoms with Gasteiger partial charge < -0.3 is 9.80 Å². The van der Waals surface area contributed by atoms with Crippen LogP contribution >= 0.6 is 11.6 Å². The molecule has 0 bridgehead atoms. The largest absolute Gasteiger partial charge is 0.368 e. The first-order chi connectivity index (χ1) is 13.6. The maximum atomic E-state index is 12.7. The second-order valence-corrected chi connectivity index (χ2v) is 8.39. The number of benzene rings is 1. The molecule has 3 aliphatic rings. The Morgan fingerprint density at radius 3 is 2.43 bits per heavy atom. The van der Waals surface area contributed by atoms with Crippen LogP contribution in [0.2, 0.25) is 5.02 Å². The predicted molar refractivity (Wildman–Crippen MR) is 110 cm³/mol. The molecule has 1 aliphatic carbocycles. The summed E-state index contributed by atoms with van der Waals surface area (Å²) in [6, 6.07) is 10.1. The molecule has 1 saturated heterocycles. The van der Waals surface area contributed by atoms with Crippen LogP contribution in [0.5, 0.6) is 0 Å². The summed E-state index contributed by atoms with van der Waals surface area (Å²) < 4.78 is 0. The summed E-state index contributed by atoms with van der Waals surface area (Å²) in [5.74, 6) is -0.210. The minimum atomic E-state index is -0.679. The summed E-state index contributed by atoms with van der Waals surface area (Å²) in [7, 11) is 0. The van der Waals surface area contributed by atoms with E-state index in [-0.39, 0.29) is 5.91 Å². The quantitative estimate of drug-likeness (QED) is 0.787. The molecule has 6 nitrogen and oxygen atoms in total. The molecule has 1 aromatic carbocycles. The van der Waals surface area contributed by atoms with Crippen LogP contribution < -0.4 is 10.2 Å². The number of aliphatic imine (C=N–C) groups is 1. The van der Waals surface area contributed by atoms with Crippen LogP contribution in [-0.2, 0) is 4.79 Å². The molecule has 1 aromatic rings. The van der Waals surface area contributed by atoms with E-state index in [4.69, 9.17) is 16.6 Å². The van der Waals surface area contributed by atoms with Crippen molar-refractivity contribution in [1.29, 1.82) is 5.26 Å². The maximum Gasteiger partial charge on any atom is 0.246 e. The van der Waals surface area contributed by atoms with E-state index >= 15 is 0 Å². The Balaban J connectivity index is 1.52. The minimum Gasteiger partial charge on any atom is -0.368 e. The molecule has 1 atom stereocenters. The Kier molecular flexibility index (Phi) is 5.45. The van der Waals surface area contributed by atoms with Crippen LogP contribution in [0.4, 0.5) is 5.69 Å². The highest BCUT2D eigenvalue weighted by atomic mass is 35.5. The number of guanidine groups is 1. The maximum absolute atomic E-state index is 12.7. The average molecular weight is 400 g/mol. The number of halogens is 1. The molecule has 2 fully saturated rings. The first-order valence-corrected chi connectivity index (χ1v) is 10.5. The number of nitriles is 1. The molecule has 0 unspecified atom stereocenters. The van der Waals surface area contributed by atoms with Gasteiger partial charge in [-0.15, -0.1) is 0 Å². The Morgan fingerprint density at radius 1 is 1.11 bits per heavy atom. The number of carbonyl (C=O) groups is 1. The fraction of sp³-hybridized carbons (Fsp3) is 0.571. The van der Waals surface area contributed by atoms with Gasteiger partial charge in [0.25, 0.3) is 0 Å². The van der Waals surface area contributed by atoms with E-state index in [1.54, 1.807) is 0 Å². The molecule has 148 valence electrons. The summed E-state index contributed by atoms with van der Waals surface area (Å²) in [6.07, 6.45) is 6.03. The Labute approximate surface area is 171 Å². The number of rotatable bonds is 1. The number of nitrogens with one attached hydrogen (secondary N) is 1. The zero-order chi connectivity index (χ0) is 19.6. The third kappa shape index (κ3) is 3.68. The van der Waals surface area contributed by atoms with Gasteiger partial charge in [-0.2, -0.15) is 5.26 Å². The first kappa shape index (κ1) is 19.1. The van der Waals surface area contributed by atoms with Crippen LogP contribution in [0.3, 0.4) is 0 Å². The molecule has 4 rings (SSSR count). The minimum absolute atomic E-state index is 0.188. The normalized spacial score (nSPS) is 24.9. The summed E-state index contributed by atoms with van der Waals surface area (Å²) >= 11 is 6.12. The molecule has 1 spiro atoms. The van der Waals surface area contributed by atoms with Crippen molar-refractivity contribution >= 4 is 29.2 Å². The second-order valence-electron chi connectivity index (χ2n) is 7.96. The molecular formula is C21H26ClN5O. The molecule has 1 amide bonds. The van der Waals surface area contributed by atoms with E-state index < -0.39 is 11.5 Å². The van der Waals surface area contributed by atoms with Crippen molar-refractivity contribution in [2.75, 3.05) is 31.1 Å². The van der Waals surface area contributed by atoms with E-state index in [0.29, 0.717) is 5.96 Å². The van der Waals surface area contributed by atoms with Gasteiger partial charge in [0, 0.05) is 36.9 Å². The Bertz CT molecular complexity index is 801. The van der Waals surface area contributed by atoms with E-state index in [1.807, 2.05) is 18.2 Å². The number of piperazine rings is 1. The van der Waals surface area contributed by atoms with Crippen molar-refractivity contribution in [3.63, 3.8) is 0 Å². The lowest BCUT2D eigenvalue weighted by molar-refractivity contribution is -0.124. The summed E-state index contributed by atoms with van der Waals surface area (Å²) in [4.78, 5) is 22.2. The lowest BCUT2D eigenvalue weighted by Gasteiger charge is -2.42. The van der Waals surface area contributed by atoms with E-state index in [0.717, 1.165) is 75.4 Å². The second kappa shape index (κ2) is 8.00. The van der Waals surface area contributed by atoms with Crippen molar-refractivity contribution in [2.45, 2.75) is 44.1 Å². The molecule has 0 aromatic heterocycles. The summed E-state index contributed by atoms with van der Waals surface area (Å²) in [6.45, 7) is 3.23. The standard InChI is InChI=1S/C21H26ClN5O/c22-16-6-5-7-17(14-16)26-10-12-27(13-11-26)20-24-19(28)18(15-23)21(25-20)8-3-1-2-4-9-21/h5-7,14,18H,1-4,8-13H2,(H,24,25,28)/t18-/m1/s1. The van der Waals surface area contributed by atoms with Crippen molar-refractivity contribution < 1.29 is 4.79 Å². The van der Waals surface area contributed by atoms with Gasteiger partial charge in [0.15, 0.2) is 5.92 Å². The monoisotopic (exact) mass is 399 g/mol. The van der Waals surface area contributed by atoms with Gasteiger partial charge in [0.1, 0.15) is 0 Å². The number of amides is 1. The van der Waals surface area contributed by atoms with Crippen molar-refractivity contribution in [3.8, 4) is 6.07 Å². The van der Waals surface area contributed by atoms with Gasteiger partial charge in [0.2, 0.25) is 11.9 Å². The molecule has 0 radical (unpaired) electrons. The number of hydrogen-bond acceptors (Lipinski definition) is 5. The first-order valence-electron chi connectivity index (χ1n) is 10.2. The number of hydrogen-bond donors (Lipinski definition) is 1. The highest BCUT2D eigenvalue weighted by Crippen LogP contribution is 2.39.